The highest BCUT2D eigenvalue weighted by Crippen LogP contribution is 2.32. The average molecular weight is 389 g/mol. The van der Waals surface area contributed by atoms with Gasteiger partial charge in [-0.1, -0.05) is 69.2 Å². The van der Waals surface area contributed by atoms with E-state index >= 15 is 0 Å². The molecular formula is C24H27N3O2. The Labute approximate surface area is 171 Å². The van der Waals surface area contributed by atoms with Crippen LogP contribution in [0.4, 0.5) is 5.69 Å². The number of rotatable bonds is 5. The van der Waals surface area contributed by atoms with Gasteiger partial charge in [-0.3, -0.25) is 4.79 Å². The fourth-order valence-corrected chi connectivity index (χ4v) is 3.70. The second kappa shape index (κ2) is 7.82. The summed E-state index contributed by atoms with van der Waals surface area (Å²) in [5.74, 6) is 2.06. The standard InChI is InChI=1S/C24H27N3O2/c1-15(2)17-5-7-19(8-6-17)23-25-24(29-26-23)20-13-22(28)27(14-20)21-11-9-18(10-12-21)16(3)4/h5-12,15-16,20H,13-14H2,1-4H3. The van der Waals surface area contributed by atoms with Crippen LogP contribution in [0.3, 0.4) is 0 Å². The van der Waals surface area contributed by atoms with E-state index in [1.807, 2.05) is 29.2 Å². The molecule has 150 valence electrons. The summed E-state index contributed by atoms with van der Waals surface area (Å²) in [7, 11) is 0. The van der Waals surface area contributed by atoms with E-state index in [0.29, 0.717) is 36.5 Å². The van der Waals surface area contributed by atoms with E-state index in [2.05, 4.69) is 62.1 Å². The molecule has 5 heteroatoms. The number of aromatic nitrogens is 2. The lowest BCUT2D eigenvalue weighted by atomic mass is 10.0. The van der Waals surface area contributed by atoms with Crippen LogP contribution in [-0.4, -0.2) is 22.6 Å². The highest BCUT2D eigenvalue weighted by molar-refractivity contribution is 5.96. The molecule has 1 aliphatic rings. The van der Waals surface area contributed by atoms with Crippen LogP contribution in [0, 0.1) is 0 Å². The third-order valence-electron chi connectivity index (χ3n) is 5.62. The molecule has 0 saturated carbocycles. The minimum absolute atomic E-state index is 0.0801. The number of carbonyl (C=O) groups excluding carboxylic acids is 1. The Morgan fingerprint density at radius 1 is 0.931 bits per heavy atom. The van der Waals surface area contributed by atoms with Gasteiger partial charge in [0.25, 0.3) is 0 Å². The second-order valence-electron chi connectivity index (χ2n) is 8.38. The van der Waals surface area contributed by atoms with Gasteiger partial charge in [-0.15, -0.1) is 0 Å². The van der Waals surface area contributed by atoms with E-state index in [0.717, 1.165) is 11.3 Å². The van der Waals surface area contributed by atoms with Crippen molar-refractivity contribution in [2.45, 2.75) is 51.9 Å². The van der Waals surface area contributed by atoms with Crippen LogP contribution in [0.15, 0.2) is 53.1 Å². The van der Waals surface area contributed by atoms with Gasteiger partial charge in [0.15, 0.2) is 0 Å². The van der Waals surface area contributed by atoms with Gasteiger partial charge in [0.05, 0.1) is 5.92 Å². The molecule has 2 aromatic carbocycles. The van der Waals surface area contributed by atoms with Crippen molar-refractivity contribution in [1.82, 2.24) is 10.1 Å². The van der Waals surface area contributed by atoms with Crippen molar-refractivity contribution in [2.75, 3.05) is 11.4 Å². The maximum absolute atomic E-state index is 12.6. The lowest BCUT2D eigenvalue weighted by Gasteiger charge is -2.17. The number of anilines is 1. The first-order valence-corrected chi connectivity index (χ1v) is 10.3. The highest BCUT2D eigenvalue weighted by atomic mass is 16.5. The van der Waals surface area contributed by atoms with E-state index < -0.39 is 0 Å². The molecule has 3 aromatic rings. The zero-order chi connectivity index (χ0) is 20.5. The van der Waals surface area contributed by atoms with Crippen molar-refractivity contribution in [3.63, 3.8) is 0 Å². The number of hydrogen-bond donors (Lipinski definition) is 0. The van der Waals surface area contributed by atoms with Crippen LogP contribution in [0.25, 0.3) is 11.4 Å². The summed E-state index contributed by atoms with van der Waals surface area (Å²) in [6, 6.07) is 16.4. The summed E-state index contributed by atoms with van der Waals surface area (Å²) in [4.78, 5) is 19.0. The fourth-order valence-electron chi connectivity index (χ4n) is 3.70. The van der Waals surface area contributed by atoms with E-state index in [-0.39, 0.29) is 11.8 Å². The largest absolute Gasteiger partial charge is 0.339 e. The minimum Gasteiger partial charge on any atom is -0.339 e. The normalized spacial score (nSPS) is 17.0. The molecular weight excluding hydrogens is 362 g/mol. The fraction of sp³-hybridized carbons (Fsp3) is 0.375. The molecule has 1 saturated heterocycles. The maximum atomic E-state index is 12.6. The molecule has 29 heavy (non-hydrogen) atoms. The summed E-state index contributed by atoms with van der Waals surface area (Å²) >= 11 is 0. The zero-order valence-corrected chi connectivity index (χ0v) is 17.4. The predicted molar refractivity (Wildman–Crippen MR) is 114 cm³/mol. The van der Waals surface area contributed by atoms with E-state index in [9.17, 15) is 4.79 Å². The van der Waals surface area contributed by atoms with Gasteiger partial charge < -0.3 is 9.42 Å². The third kappa shape index (κ3) is 3.95. The Balaban J connectivity index is 1.49. The number of hydrogen-bond acceptors (Lipinski definition) is 4. The first-order valence-electron chi connectivity index (χ1n) is 10.3. The molecule has 0 aliphatic carbocycles. The van der Waals surface area contributed by atoms with Gasteiger partial charge in [0.1, 0.15) is 0 Å². The van der Waals surface area contributed by atoms with Gasteiger partial charge >= 0.3 is 0 Å². The van der Waals surface area contributed by atoms with Crippen LogP contribution in [0.2, 0.25) is 0 Å². The van der Waals surface area contributed by atoms with Crippen molar-refractivity contribution in [1.29, 1.82) is 0 Å². The molecule has 1 atom stereocenters. The first kappa shape index (κ1) is 19.4. The van der Waals surface area contributed by atoms with Gasteiger partial charge in [-0.2, -0.15) is 4.98 Å². The summed E-state index contributed by atoms with van der Waals surface area (Å²) in [6.45, 7) is 9.22. The molecule has 1 fully saturated rings. The van der Waals surface area contributed by atoms with Gasteiger partial charge in [0.2, 0.25) is 17.6 Å². The topological polar surface area (TPSA) is 59.2 Å². The summed E-state index contributed by atoms with van der Waals surface area (Å²) in [5, 5.41) is 4.14. The van der Waals surface area contributed by atoms with Crippen molar-refractivity contribution in [3.05, 3.63) is 65.5 Å². The zero-order valence-electron chi connectivity index (χ0n) is 17.4. The quantitative estimate of drug-likeness (QED) is 0.578. The molecule has 2 heterocycles. The smallest absolute Gasteiger partial charge is 0.232 e. The number of nitrogens with zero attached hydrogens (tertiary/aromatic N) is 3. The molecule has 0 bridgehead atoms. The van der Waals surface area contributed by atoms with E-state index in [1.165, 1.54) is 11.1 Å². The number of amides is 1. The van der Waals surface area contributed by atoms with Crippen LogP contribution < -0.4 is 4.90 Å². The molecule has 5 nitrogen and oxygen atoms in total. The van der Waals surface area contributed by atoms with Crippen LogP contribution in [0.5, 0.6) is 0 Å². The Morgan fingerprint density at radius 2 is 1.52 bits per heavy atom. The molecule has 0 N–H and O–H groups in total. The predicted octanol–water partition coefficient (Wildman–Crippen LogP) is 5.50. The average Bonchev–Trinajstić information content (AvgIpc) is 3.35. The lowest BCUT2D eigenvalue weighted by molar-refractivity contribution is -0.117. The maximum Gasteiger partial charge on any atom is 0.232 e. The Bertz CT molecular complexity index is 988. The Hall–Kier alpha value is -2.95. The Morgan fingerprint density at radius 3 is 2.10 bits per heavy atom. The van der Waals surface area contributed by atoms with Crippen molar-refractivity contribution in [2.24, 2.45) is 0 Å². The first-order chi connectivity index (χ1) is 13.9. The van der Waals surface area contributed by atoms with Gasteiger partial charge in [-0.25, -0.2) is 0 Å². The van der Waals surface area contributed by atoms with E-state index in [4.69, 9.17) is 4.52 Å². The molecule has 1 unspecified atom stereocenters. The molecule has 4 rings (SSSR count). The second-order valence-corrected chi connectivity index (χ2v) is 8.38. The molecule has 1 aromatic heterocycles. The van der Waals surface area contributed by atoms with Crippen LogP contribution in [0.1, 0.15) is 68.9 Å². The highest BCUT2D eigenvalue weighted by Gasteiger charge is 2.35. The summed E-state index contributed by atoms with van der Waals surface area (Å²) in [6.07, 6.45) is 0.389. The monoisotopic (exact) mass is 389 g/mol. The lowest BCUT2D eigenvalue weighted by Crippen LogP contribution is -2.24. The third-order valence-corrected chi connectivity index (χ3v) is 5.62. The Kier molecular flexibility index (Phi) is 5.22. The SMILES string of the molecule is CC(C)c1ccc(-c2noc(C3CC(=O)N(c4ccc(C(C)C)cc4)C3)n2)cc1. The van der Waals surface area contributed by atoms with Crippen molar-refractivity contribution < 1.29 is 9.32 Å². The molecule has 0 radical (unpaired) electrons. The minimum atomic E-state index is -0.0801. The number of benzene rings is 2. The van der Waals surface area contributed by atoms with Gasteiger partial charge in [-0.05, 0) is 35.1 Å². The molecule has 0 spiro atoms. The van der Waals surface area contributed by atoms with Crippen LogP contribution >= 0.6 is 0 Å². The number of carbonyl (C=O) groups is 1. The molecule has 1 aliphatic heterocycles. The van der Waals surface area contributed by atoms with E-state index in [1.54, 1.807) is 0 Å². The van der Waals surface area contributed by atoms with Crippen molar-refractivity contribution >= 4 is 11.6 Å². The molecule has 1 amide bonds. The van der Waals surface area contributed by atoms with Crippen molar-refractivity contribution in [3.8, 4) is 11.4 Å². The summed E-state index contributed by atoms with van der Waals surface area (Å²) in [5.41, 5.74) is 4.39. The van der Waals surface area contributed by atoms with Gasteiger partial charge in [0, 0.05) is 24.2 Å². The van der Waals surface area contributed by atoms with Crippen LogP contribution in [-0.2, 0) is 4.79 Å². The summed E-state index contributed by atoms with van der Waals surface area (Å²) < 4.78 is 5.52.